The summed E-state index contributed by atoms with van der Waals surface area (Å²) in [7, 11) is 0. The van der Waals surface area contributed by atoms with E-state index in [0.29, 0.717) is 34.1 Å². The Morgan fingerprint density at radius 2 is 0.452 bits per heavy atom. The van der Waals surface area contributed by atoms with Gasteiger partial charge in [0.25, 0.3) is 0 Å². The Kier molecular flexibility index (Phi) is 11.2. The molecule has 0 saturated carbocycles. The van der Waals surface area contributed by atoms with Gasteiger partial charge >= 0.3 is 0 Å². The minimum atomic E-state index is -1.06. The Hall–Kier alpha value is -8.10. The molecule has 9 aromatic carbocycles. The molecule has 0 aliphatic heterocycles. The molecule has 0 atom stereocenters. The summed E-state index contributed by atoms with van der Waals surface area (Å²) >= 11 is 0. The molecule has 4 nitrogen and oxygen atoms in total. The van der Waals surface area contributed by atoms with E-state index < -0.39 is 23.3 Å². The molecule has 0 aliphatic rings. The van der Waals surface area contributed by atoms with E-state index in [-0.39, 0.29) is 11.4 Å². The molecule has 0 spiro atoms. The highest BCUT2D eigenvalue weighted by Crippen LogP contribution is 2.46. The van der Waals surface area contributed by atoms with Crippen molar-refractivity contribution in [3.8, 4) is 0 Å². The van der Waals surface area contributed by atoms with Crippen molar-refractivity contribution in [2.24, 2.45) is 0 Å². The number of hydrogen-bond acceptors (Lipinski definition) is 4. The highest BCUT2D eigenvalue weighted by atomic mass is 19.2. The van der Waals surface area contributed by atoms with Gasteiger partial charge in [-0.2, -0.15) is 0 Å². The summed E-state index contributed by atoms with van der Waals surface area (Å²) in [6.45, 7) is 0. The second-order valence-corrected chi connectivity index (χ2v) is 14.4. The molecule has 0 bridgehead atoms. The van der Waals surface area contributed by atoms with Crippen molar-refractivity contribution in [1.29, 1.82) is 0 Å². The maximum absolute atomic E-state index is 16.6. The fourth-order valence-corrected chi connectivity index (χ4v) is 7.69. The number of para-hydroxylation sites is 6. The Labute approximate surface area is 358 Å². The number of hydrogen-bond donors (Lipinski definition) is 0. The van der Waals surface area contributed by atoms with E-state index in [4.69, 9.17) is 0 Å². The molecule has 0 heterocycles. The first-order valence-electron chi connectivity index (χ1n) is 20.0. The van der Waals surface area contributed by atoms with Gasteiger partial charge in [-0.3, -0.25) is 0 Å². The first kappa shape index (κ1) is 39.4. The van der Waals surface area contributed by atoms with E-state index in [1.54, 1.807) is 70.5 Å². The zero-order valence-electron chi connectivity index (χ0n) is 33.2. The lowest BCUT2D eigenvalue weighted by atomic mass is 10.1. The van der Waals surface area contributed by atoms with Crippen LogP contribution in [0.5, 0.6) is 0 Å². The standard InChI is InChI=1S/C54H38F4N4/c55-49-35-47(59(39-20-7-1-8-21-39)40-22-9-2-10-23-40)37-51(53(49)57)61(43-28-15-5-16-29-43)45-32-19-33-46(34-45)62(44-30-17-6-18-31-44)52-38-48(36-50(56)54(52)58)60(41-24-11-3-12-25-41)42-26-13-4-14-27-42/h1-38H. The number of benzene rings is 9. The van der Waals surface area contributed by atoms with Crippen molar-refractivity contribution >= 4 is 68.2 Å². The van der Waals surface area contributed by atoms with Gasteiger partial charge in [0.15, 0.2) is 23.3 Å². The summed E-state index contributed by atoms with van der Waals surface area (Å²) in [5.41, 5.74) is 5.58. The number of nitrogens with zero attached hydrogens (tertiary/aromatic N) is 4. The van der Waals surface area contributed by atoms with Gasteiger partial charge in [0.2, 0.25) is 0 Å². The van der Waals surface area contributed by atoms with Gasteiger partial charge in [-0.15, -0.1) is 0 Å². The van der Waals surface area contributed by atoms with Crippen LogP contribution in [0.2, 0.25) is 0 Å². The van der Waals surface area contributed by atoms with Gasteiger partial charge in [-0.1, -0.05) is 115 Å². The molecule has 302 valence electrons. The van der Waals surface area contributed by atoms with E-state index in [9.17, 15) is 0 Å². The SMILES string of the molecule is Fc1cc(N(c2ccccc2)c2ccccc2)cc(N(c2ccccc2)c2cccc(N(c3ccccc3)c3cc(N(c4ccccc4)c4ccccc4)cc(F)c3F)c2)c1F. The zero-order chi connectivity index (χ0) is 42.4. The molecule has 62 heavy (non-hydrogen) atoms. The van der Waals surface area contributed by atoms with Crippen LogP contribution in [0.1, 0.15) is 0 Å². The maximum atomic E-state index is 16.6. The third kappa shape index (κ3) is 7.97. The predicted octanol–water partition coefficient (Wildman–Crippen LogP) is 16.1. The van der Waals surface area contributed by atoms with Gasteiger partial charge in [-0.05, 0) is 103 Å². The molecule has 0 aliphatic carbocycles. The summed E-state index contributed by atoms with van der Waals surface area (Å²) < 4.78 is 65.6. The Bertz CT molecular complexity index is 2630. The monoisotopic (exact) mass is 818 g/mol. The van der Waals surface area contributed by atoms with Crippen LogP contribution in [-0.2, 0) is 0 Å². The van der Waals surface area contributed by atoms with Crippen LogP contribution in [0.25, 0.3) is 0 Å². The molecular formula is C54H38F4N4. The van der Waals surface area contributed by atoms with Gasteiger partial charge in [0.1, 0.15) is 0 Å². The van der Waals surface area contributed by atoms with Crippen LogP contribution in [0.4, 0.5) is 85.8 Å². The molecule has 0 radical (unpaired) electrons. The van der Waals surface area contributed by atoms with Crippen LogP contribution in [0.3, 0.4) is 0 Å². The summed E-state index contributed by atoms with van der Waals surface area (Å²) in [5, 5.41) is 0. The molecule has 0 unspecified atom stereocenters. The van der Waals surface area contributed by atoms with Crippen LogP contribution in [0, 0.1) is 23.3 Å². The van der Waals surface area contributed by atoms with Gasteiger partial charge in [0.05, 0.1) is 22.7 Å². The molecule has 8 heteroatoms. The number of rotatable bonds is 12. The molecule has 9 rings (SSSR count). The Balaban J connectivity index is 1.23. The first-order chi connectivity index (χ1) is 30.4. The third-order valence-corrected chi connectivity index (χ3v) is 10.4. The van der Waals surface area contributed by atoms with Gasteiger partial charge in [0, 0.05) is 57.6 Å². The summed E-state index contributed by atoms with van der Waals surface area (Å²) in [6.07, 6.45) is 0. The van der Waals surface area contributed by atoms with Crippen molar-refractivity contribution in [2.45, 2.75) is 0 Å². The van der Waals surface area contributed by atoms with E-state index in [1.165, 1.54) is 12.1 Å². The predicted molar refractivity (Wildman–Crippen MR) is 245 cm³/mol. The Morgan fingerprint density at radius 3 is 0.726 bits per heavy atom. The van der Waals surface area contributed by atoms with Crippen molar-refractivity contribution in [2.75, 3.05) is 19.6 Å². The van der Waals surface area contributed by atoms with E-state index in [2.05, 4.69) is 0 Å². The normalized spacial score (nSPS) is 10.9. The lowest BCUT2D eigenvalue weighted by Gasteiger charge is -2.32. The van der Waals surface area contributed by atoms with Crippen molar-refractivity contribution in [3.63, 3.8) is 0 Å². The fourth-order valence-electron chi connectivity index (χ4n) is 7.69. The number of anilines is 12. The molecule has 0 N–H and O–H groups in total. The van der Waals surface area contributed by atoms with E-state index >= 15 is 17.6 Å². The minimum absolute atomic E-state index is 0.0629. The summed E-state index contributed by atoms with van der Waals surface area (Å²) in [4.78, 5) is 6.98. The summed E-state index contributed by atoms with van der Waals surface area (Å²) in [6, 6.07) is 68.7. The largest absolute Gasteiger partial charge is 0.310 e. The van der Waals surface area contributed by atoms with Crippen molar-refractivity contribution < 1.29 is 17.6 Å². The second kappa shape index (κ2) is 17.6. The zero-order valence-corrected chi connectivity index (χ0v) is 33.2. The van der Waals surface area contributed by atoms with Crippen molar-refractivity contribution in [1.82, 2.24) is 0 Å². The van der Waals surface area contributed by atoms with Gasteiger partial charge < -0.3 is 19.6 Å². The van der Waals surface area contributed by atoms with Gasteiger partial charge in [-0.25, -0.2) is 17.6 Å². The Morgan fingerprint density at radius 1 is 0.210 bits per heavy atom. The lowest BCUT2D eigenvalue weighted by molar-refractivity contribution is 0.510. The highest BCUT2D eigenvalue weighted by Gasteiger charge is 2.27. The lowest BCUT2D eigenvalue weighted by Crippen LogP contribution is -2.17. The molecular weight excluding hydrogens is 781 g/mol. The third-order valence-electron chi connectivity index (χ3n) is 10.4. The van der Waals surface area contributed by atoms with Crippen LogP contribution in [0.15, 0.2) is 231 Å². The van der Waals surface area contributed by atoms with E-state index in [1.807, 2.05) is 168 Å². The average Bonchev–Trinajstić information content (AvgIpc) is 3.32. The molecule has 9 aromatic rings. The summed E-state index contributed by atoms with van der Waals surface area (Å²) in [5.74, 6) is -4.22. The van der Waals surface area contributed by atoms with Crippen LogP contribution in [-0.4, -0.2) is 0 Å². The maximum Gasteiger partial charge on any atom is 0.182 e. The highest BCUT2D eigenvalue weighted by molar-refractivity contribution is 5.88. The first-order valence-corrected chi connectivity index (χ1v) is 20.0. The average molecular weight is 819 g/mol. The van der Waals surface area contributed by atoms with Crippen LogP contribution < -0.4 is 19.6 Å². The molecule has 0 saturated heterocycles. The fraction of sp³-hybridized carbons (Fsp3) is 0. The molecule has 0 fully saturated rings. The molecule has 0 aromatic heterocycles. The molecule has 0 amide bonds. The topological polar surface area (TPSA) is 13.0 Å². The number of halogens is 4. The smallest absolute Gasteiger partial charge is 0.182 e. The quantitative estimate of drug-likeness (QED) is 0.114. The minimum Gasteiger partial charge on any atom is -0.310 e. The second-order valence-electron chi connectivity index (χ2n) is 14.4. The van der Waals surface area contributed by atoms with Crippen molar-refractivity contribution in [3.05, 3.63) is 254 Å². The van der Waals surface area contributed by atoms with E-state index in [0.717, 1.165) is 22.7 Å². The van der Waals surface area contributed by atoms with Crippen LogP contribution >= 0.6 is 0 Å².